The minimum atomic E-state index is 0.677. The quantitative estimate of drug-likeness (QED) is 0.780. The second-order valence-corrected chi connectivity index (χ2v) is 5.42. The minimum absolute atomic E-state index is 0.677. The van der Waals surface area contributed by atoms with E-state index in [4.69, 9.17) is 4.42 Å². The van der Waals surface area contributed by atoms with Gasteiger partial charge in [-0.25, -0.2) is 4.98 Å². The maximum Gasteiger partial charge on any atom is 0.226 e. The molecule has 0 aliphatic carbocycles. The monoisotopic (exact) mass is 288 g/mol. The van der Waals surface area contributed by atoms with Gasteiger partial charge in [0.05, 0.1) is 17.9 Å². The zero-order valence-electron chi connectivity index (χ0n) is 11.5. The zero-order valence-corrected chi connectivity index (χ0v) is 12.3. The molecule has 0 aliphatic rings. The normalized spacial score (nSPS) is 10.9. The van der Waals surface area contributed by atoms with Crippen LogP contribution in [0.1, 0.15) is 12.5 Å². The van der Waals surface area contributed by atoms with E-state index in [2.05, 4.69) is 26.3 Å². The van der Waals surface area contributed by atoms with Crippen molar-refractivity contribution in [1.29, 1.82) is 0 Å². The summed E-state index contributed by atoms with van der Waals surface area (Å²) in [5.41, 5.74) is 1.12. The molecule has 0 atom stereocenters. The van der Waals surface area contributed by atoms with Crippen LogP contribution in [-0.4, -0.2) is 23.6 Å². The van der Waals surface area contributed by atoms with Crippen LogP contribution in [0.5, 0.6) is 0 Å². The molecule has 3 aromatic rings. The van der Waals surface area contributed by atoms with Gasteiger partial charge in [0.25, 0.3) is 0 Å². The zero-order chi connectivity index (χ0) is 13.9. The highest BCUT2D eigenvalue weighted by molar-refractivity contribution is 7.16. The van der Waals surface area contributed by atoms with E-state index in [0.717, 1.165) is 34.7 Å². The van der Waals surface area contributed by atoms with Crippen LogP contribution in [0.15, 0.2) is 34.5 Å². The largest absolute Gasteiger partial charge is 0.472 e. The van der Waals surface area contributed by atoms with E-state index in [1.807, 2.05) is 25.4 Å². The summed E-state index contributed by atoms with van der Waals surface area (Å²) in [6, 6.07) is 4.03. The lowest BCUT2D eigenvalue weighted by Gasteiger charge is -2.19. The Morgan fingerprint density at radius 3 is 3.00 bits per heavy atom. The molecular formula is C14H16N4OS. The number of hydrogen-bond acceptors (Lipinski definition) is 6. The second-order valence-electron chi connectivity index (χ2n) is 4.53. The predicted octanol–water partition coefficient (Wildman–Crippen LogP) is 3.35. The van der Waals surface area contributed by atoms with E-state index in [9.17, 15) is 0 Å². The highest BCUT2D eigenvalue weighted by Gasteiger charge is 2.13. The van der Waals surface area contributed by atoms with Crippen molar-refractivity contribution in [2.45, 2.75) is 13.5 Å². The van der Waals surface area contributed by atoms with Gasteiger partial charge in [0.15, 0.2) is 0 Å². The summed E-state index contributed by atoms with van der Waals surface area (Å²) >= 11 is 1.63. The minimum Gasteiger partial charge on any atom is -0.472 e. The molecule has 6 heteroatoms. The Morgan fingerprint density at radius 2 is 2.25 bits per heavy atom. The van der Waals surface area contributed by atoms with Crippen molar-refractivity contribution in [3.63, 3.8) is 0 Å². The number of aromatic nitrogens is 2. The third-order valence-corrected chi connectivity index (χ3v) is 3.81. The molecule has 0 bridgehead atoms. The summed E-state index contributed by atoms with van der Waals surface area (Å²) in [7, 11) is 2.03. The lowest BCUT2D eigenvalue weighted by atomic mass is 10.3. The Kier molecular flexibility index (Phi) is 3.56. The molecule has 0 aromatic carbocycles. The van der Waals surface area contributed by atoms with Gasteiger partial charge < -0.3 is 14.6 Å². The molecule has 0 fully saturated rings. The molecule has 0 spiro atoms. The molecule has 1 N–H and O–H groups in total. The summed E-state index contributed by atoms with van der Waals surface area (Å²) in [6.45, 7) is 3.60. The lowest BCUT2D eigenvalue weighted by Crippen LogP contribution is -2.18. The fourth-order valence-electron chi connectivity index (χ4n) is 2.10. The summed E-state index contributed by atoms with van der Waals surface area (Å²) in [4.78, 5) is 12.3. The third kappa shape index (κ3) is 2.46. The molecule has 20 heavy (non-hydrogen) atoms. The molecule has 3 aromatic heterocycles. The van der Waals surface area contributed by atoms with Crippen molar-refractivity contribution in [1.82, 2.24) is 9.97 Å². The standard InChI is InChI=1S/C14H16N4OS/c1-3-15-14-16-12(11-5-7-20-13(11)17-14)18(2)8-10-4-6-19-9-10/h4-7,9H,3,8H2,1-2H3,(H,15,16,17). The van der Waals surface area contributed by atoms with Gasteiger partial charge in [-0.2, -0.15) is 4.98 Å². The maximum atomic E-state index is 5.12. The summed E-state index contributed by atoms with van der Waals surface area (Å²) in [5, 5.41) is 6.31. The Bertz CT molecular complexity index is 692. The number of rotatable bonds is 5. The van der Waals surface area contributed by atoms with E-state index >= 15 is 0 Å². The fraction of sp³-hybridized carbons (Fsp3) is 0.286. The van der Waals surface area contributed by atoms with Crippen LogP contribution in [0.25, 0.3) is 10.2 Å². The van der Waals surface area contributed by atoms with Gasteiger partial charge in [-0.15, -0.1) is 11.3 Å². The molecule has 0 saturated carbocycles. The molecule has 3 heterocycles. The number of thiophene rings is 1. The van der Waals surface area contributed by atoms with E-state index in [1.54, 1.807) is 23.9 Å². The van der Waals surface area contributed by atoms with Gasteiger partial charge in [0.2, 0.25) is 5.95 Å². The molecule has 0 amide bonds. The number of nitrogens with zero attached hydrogens (tertiary/aromatic N) is 3. The van der Waals surface area contributed by atoms with Crippen LogP contribution in [0.3, 0.4) is 0 Å². The Hall–Kier alpha value is -2.08. The Balaban J connectivity index is 1.97. The van der Waals surface area contributed by atoms with E-state index < -0.39 is 0 Å². The molecule has 0 saturated heterocycles. The number of anilines is 2. The summed E-state index contributed by atoms with van der Waals surface area (Å²) < 4.78 is 5.12. The summed E-state index contributed by atoms with van der Waals surface area (Å²) in [6.07, 6.45) is 3.45. The SMILES string of the molecule is CCNc1nc(N(C)Cc2ccoc2)c2ccsc2n1. The lowest BCUT2D eigenvalue weighted by molar-refractivity contribution is 0.563. The van der Waals surface area contributed by atoms with Gasteiger partial charge in [-0.1, -0.05) is 0 Å². The first kappa shape index (κ1) is 12.9. The van der Waals surface area contributed by atoms with Crippen LogP contribution < -0.4 is 10.2 Å². The number of nitrogens with one attached hydrogen (secondary N) is 1. The number of furan rings is 1. The molecule has 0 unspecified atom stereocenters. The van der Waals surface area contributed by atoms with Crippen molar-refractivity contribution < 1.29 is 4.42 Å². The third-order valence-electron chi connectivity index (χ3n) is 3.00. The Labute approximate surface area is 121 Å². The topological polar surface area (TPSA) is 54.2 Å². The molecule has 0 aliphatic heterocycles. The van der Waals surface area contributed by atoms with Gasteiger partial charge in [0, 0.05) is 25.7 Å². The van der Waals surface area contributed by atoms with Gasteiger partial charge in [0.1, 0.15) is 10.6 Å². The highest BCUT2D eigenvalue weighted by Crippen LogP contribution is 2.29. The van der Waals surface area contributed by atoms with Crippen LogP contribution in [0.2, 0.25) is 0 Å². The predicted molar refractivity (Wildman–Crippen MR) is 82.4 cm³/mol. The first-order valence-electron chi connectivity index (χ1n) is 6.49. The molecular weight excluding hydrogens is 272 g/mol. The molecule has 5 nitrogen and oxygen atoms in total. The van der Waals surface area contributed by atoms with E-state index in [0.29, 0.717) is 5.95 Å². The van der Waals surface area contributed by atoms with Gasteiger partial charge in [-0.05, 0) is 24.4 Å². The Morgan fingerprint density at radius 1 is 1.35 bits per heavy atom. The van der Waals surface area contributed by atoms with Crippen LogP contribution >= 0.6 is 11.3 Å². The van der Waals surface area contributed by atoms with Crippen molar-refractivity contribution in [2.24, 2.45) is 0 Å². The maximum absolute atomic E-state index is 5.12. The highest BCUT2D eigenvalue weighted by atomic mass is 32.1. The van der Waals surface area contributed by atoms with Crippen molar-refractivity contribution >= 4 is 33.3 Å². The van der Waals surface area contributed by atoms with Crippen LogP contribution in [0, 0.1) is 0 Å². The van der Waals surface area contributed by atoms with Crippen LogP contribution in [-0.2, 0) is 6.54 Å². The average molecular weight is 288 g/mol. The molecule has 104 valence electrons. The second kappa shape index (κ2) is 5.50. The fourth-order valence-corrected chi connectivity index (χ4v) is 2.86. The first-order valence-corrected chi connectivity index (χ1v) is 7.37. The van der Waals surface area contributed by atoms with Crippen LogP contribution in [0.4, 0.5) is 11.8 Å². The number of fused-ring (bicyclic) bond motifs is 1. The van der Waals surface area contributed by atoms with Gasteiger partial charge >= 0.3 is 0 Å². The van der Waals surface area contributed by atoms with E-state index in [-0.39, 0.29) is 0 Å². The molecule has 3 rings (SSSR count). The van der Waals surface area contributed by atoms with Gasteiger partial charge in [-0.3, -0.25) is 0 Å². The summed E-state index contributed by atoms with van der Waals surface area (Å²) in [5.74, 6) is 1.62. The first-order chi connectivity index (χ1) is 9.78. The number of hydrogen-bond donors (Lipinski definition) is 1. The van der Waals surface area contributed by atoms with Crippen molar-refractivity contribution in [3.05, 3.63) is 35.6 Å². The molecule has 0 radical (unpaired) electrons. The van der Waals surface area contributed by atoms with Crippen molar-refractivity contribution in [2.75, 3.05) is 23.8 Å². The average Bonchev–Trinajstić information content (AvgIpc) is 3.08. The van der Waals surface area contributed by atoms with Crippen molar-refractivity contribution in [3.8, 4) is 0 Å². The smallest absolute Gasteiger partial charge is 0.226 e. The van der Waals surface area contributed by atoms with E-state index in [1.165, 1.54) is 0 Å².